The van der Waals surface area contributed by atoms with Crippen molar-refractivity contribution in [1.29, 1.82) is 0 Å². The van der Waals surface area contributed by atoms with Gasteiger partial charge >= 0.3 is 0 Å². The number of benzene rings is 1. The van der Waals surface area contributed by atoms with Crippen LogP contribution in [0.15, 0.2) is 47.4 Å². The number of ether oxygens (including phenoxy) is 1. The molecule has 2 heterocycles. The Bertz CT molecular complexity index is 1090. The minimum Gasteiger partial charge on any atom is -0.487 e. The fraction of sp³-hybridized carbons (Fsp3) is 0.318. The van der Waals surface area contributed by atoms with Crippen LogP contribution in [0.3, 0.4) is 0 Å². The topological polar surface area (TPSA) is 72.7 Å². The van der Waals surface area contributed by atoms with E-state index in [0.717, 1.165) is 11.1 Å². The first-order valence-electron chi connectivity index (χ1n) is 9.18. The molecule has 1 aromatic carbocycles. The van der Waals surface area contributed by atoms with E-state index in [1.165, 1.54) is 10.5 Å². The first kappa shape index (κ1) is 19.6. The summed E-state index contributed by atoms with van der Waals surface area (Å²) in [7, 11) is 0. The molecule has 0 saturated carbocycles. The summed E-state index contributed by atoms with van der Waals surface area (Å²) in [6.07, 6.45) is 1.70. The van der Waals surface area contributed by atoms with E-state index >= 15 is 0 Å². The second-order valence-corrected chi connectivity index (χ2v) is 7.94. The van der Waals surface area contributed by atoms with E-state index < -0.39 is 5.41 Å². The number of carbonyl (C=O) groups is 1. The molecule has 1 N–H and O–H groups in total. The van der Waals surface area contributed by atoms with E-state index in [2.05, 4.69) is 10.3 Å². The van der Waals surface area contributed by atoms with Crippen molar-refractivity contribution in [2.45, 2.75) is 41.2 Å². The first-order chi connectivity index (χ1) is 13.1. The van der Waals surface area contributed by atoms with Crippen LogP contribution in [-0.4, -0.2) is 15.3 Å². The summed E-state index contributed by atoms with van der Waals surface area (Å²) in [6, 6.07) is 10.7. The van der Waals surface area contributed by atoms with E-state index in [1.54, 1.807) is 12.3 Å². The molecule has 1 amide bonds. The van der Waals surface area contributed by atoms with Gasteiger partial charge in [-0.05, 0) is 37.1 Å². The van der Waals surface area contributed by atoms with Crippen LogP contribution in [0.25, 0.3) is 5.65 Å². The third kappa shape index (κ3) is 4.22. The van der Waals surface area contributed by atoms with Crippen LogP contribution in [0.1, 0.15) is 37.6 Å². The predicted molar refractivity (Wildman–Crippen MR) is 110 cm³/mol. The lowest BCUT2D eigenvalue weighted by Gasteiger charge is -2.18. The van der Waals surface area contributed by atoms with Gasteiger partial charge in [0, 0.05) is 29.4 Å². The summed E-state index contributed by atoms with van der Waals surface area (Å²) < 4.78 is 7.43. The second kappa shape index (κ2) is 7.46. The normalized spacial score (nSPS) is 11.5. The second-order valence-electron chi connectivity index (χ2n) is 7.94. The Hall–Kier alpha value is -3.15. The summed E-state index contributed by atoms with van der Waals surface area (Å²) >= 11 is 0. The van der Waals surface area contributed by atoms with Gasteiger partial charge in [0.1, 0.15) is 18.0 Å². The minimum atomic E-state index is -0.485. The molecular formula is C22H25N3O3. The lowest BCUT2D eigenvalue weighted by atomic mass is 9.95. The first-order valence-corrected chi connectivity index (χ1v) is 9.18. The molecule has 0 aliphatic carbocycles. The fourth-order valence-electron chi connectivity index (χ4n) is 2.69. The average Bonchev–Trinajstić information content (AvgIpc) is 2.62. The molecule has 3 rings (SSSR count). The van der Waals surface area contributed by atoms with Crippen molar-refractivity contribution in [3.05, 3.63) is 69.8 Å². The highest BCUT2D eigenvalue weighted by Gasteiger charge is 2.21. The van der Waals surface area contributed by atoms with E-state index in [-0.39, 0.29) is 18.1 Å². The Kier molecular flexibility index (Phi) is 5.23. The molecule has 0 fully saturated rings. The molecule has 3 aromatic rings. The molecule has 6 nitrogen and oxygen atoms in total. The highest BCUT2D eigenvalue weighted by Crippen LogP contribution is 2.25. The largest absolute Gasteiger partial charge is 0.487 e. The van der Waals surface area contributed by atoms with Gasteiger partial charge in [0.15, 0.2) is 0 Å². The number of aromatic nitrogens is 2. The number of aryl methyl sites for hydroxylation is 2. The number of hydrogen-bond acceptors (Lipinski definition) is 4. The Labute approximate surface area is 164 Å². The highest BCUT2D eigenvalue weighted by atomic mass is 16.5. The molecule has 0 bridgehead atoms. The van der Waals surface area contributed by atoms with Gasteiger partial charge in [0.2, 0.25) is 5.91 Å². The molecule has 0 unspecified atom stereocenters. The summed E-state index contributed by atoms with van der Waals surface area (Å²) in [5, 5.41) is 2.90. The summed E-state index contributed by atoms with van der Waals surface area (Å²) in [5.74, 6) is 0.570. The third-order valence-electron chi connectivity index (χ3n) is 4.44. The number of nitrogens with one attached hydrogen (secondary N) is 1. The molecule has 0 saturated heterocycles. The smallest absolute Gasteiger partial charge is 0.258 e. The van der Waals surface area contributed by atoms with Gasteiger partial charge in [-0.2, -0.15) is 0 Å². The van der Waals surface area contributed by atoms with Gasteiger partial charge in [-0.15, -0.1) is 0 Å². The van der Waals surface area contributed by atoms with Crippen molar-refractivity contribution < 1.29 is 9.53 Å². The molecule has 0 spiro atoms. The summed E-state index contributed by atoms with van der Waals surface area (Å²) in [6.45, 7) is 9.59. The number of rotatable bonds is 4. The van der Waals surface area contributed by atoms with E-state index in [4.69, 9.17) is 4.74 Å². The quantitative estimate of drug-likeness (QED) is 0.747. The van der Waals surface area contributed by atoms with Crippen LogP contribution in [0.4, 0.5) is 5.69 Å². The summed E-state index contributed by atoms with van der Waals surface area (Å²) in [5.41, 5.74) is 3.07. The molecule has 0 atom stereocenters. The van der Waals surface area contributed by atoms with E-state index in [0.29, 0.717) is 22.8 Å². The number of hydrogen-bond donors (Lipinski definition) is 1. The zero-order valence-corrected chi connectivity index (χ0v) is 16.9. The van der Waals surface area contributed by atoms with Gasteiger partial charge < -0.3 is 10.1 Å². The van der Waals surface area contributed by atoms with Crippen molar-refractivity contribution in [1.82, 2.24) is 9.38 Å². The molecule has 146 valence electrons. The van der Waals surface area contributed by atoms with Crippen LogP contribution < -0.4 is 15.6 Å². The number of anilines is 1. The molecule has 0 aliphatic rings. The maximum atomic E-state index is 12.3. The Balaban J connectivity index is 1.82. The lowest BCUT2D eigenvalue weighted by Crippen LogP contribution is -2.27. The van der Waals surface area contributed by atoms with Gasteiger partial charge in [-0.1, -0.05) is 32.9 Å². The van der Waals surface area contributed by atoms with Gasteiger partial charge in [-0.3, -0.25) is 14.0 Å². The van der Waals surface area contributed by atoms with Crippen molar-refractivity contribution >= 4 is 17.2 Å². The van der Waals surface area contributed by atoms with Crippen LogP contribution in [-0.2, 0) is 11.4 Å². The van der Waals surface area contributed by atoms with Crippen LogP contribution >= 0.6 is 0 Å². The molecule has 6 heteroatoms. The lowest BCUT2D eigenvalue weighted by molar-refractivity contribution is -0.123. The standard InChI is InChI=1S/C22H25N3O3/c1-14-8-9-16(24-21(27)22(3,4)5)11-18(14)28-13-17-12-19(26)25-10-6-7-15(2)20(25)23-17/h6-12H,13H2,1-5H3,(H,24,27). The van der Waals surface area contributed by atoms with Crippen molar-refractivity contribution in [3.63, 3.8) is 0 Å². The van der Waals surface area contributed by atoms with Crippen molar-refractivity contribution in [2.24, 2.45) is 5.41 Å². The zero-order chi connectivity index (χ0) is 20.5. The molecule has 0 radical (unpaired) electrons. The molecular weight excluding hydrogens is 354 g/mol. The van der Waals surface area contributed by atoms with Gasteiger partial charge in [0.25, 0.3) is 5.56 Å². The van der Waals surface area contributed by atoms with E-state index in [1.807, 2.05) is 58.9 Å². The molecule has 0 aliphatic heterocycles. The van der Waals surface area contributed by atoms with Crippen molar-refractivity contribution in [3.8, 4) is 5.75 Å². The van der Waals surface area contributed by atoms with Crippen LogP contribution in [0, 0.1) is 19.3 Å². The van der Waals surface area contributed by atoms with Crippen LogP contribution in [0.2, 0.25) is 0 Å². The number of nitrogens with zero attached hydrogens (tertiary/aromatic N) is 2. The number of amides is 1. The minimum absolute atomic E-state index is 0.0676. The number of pyridine rings is 1. The third-order valence-corrected chi connectivity index (χ3v) is 4.44. The zero-order valence-electron chi connectivity index (χ0n) is 16.9. The highest BCUT2D eigenvalue weighted by molar-refractivity contribution is 5.94. The molecule has 28 heavy (non-hydrogen) atoms. The Morgan fingerprint density at radius 3 is 2.61 bits per heavy atom. The van der Waals surface area contributed by atoms with Gasteiger partial charge in [-0.25, -0.2) is 4.98 Å². The van der Waals surface area contributed by atoms with Crippen LogP contribution in [0.5, 0.6) is 5.75 Å². The maximum Gasteiger partial charge on any atom is 0.258 e. The van der Waals surface area contributed by atoms with E-state index in [9.17, 15) is 9.59 Å². The van der Waals surface area contributed by atoms with Gasteiger partial charge in [0.05, 0.1) is 5.69 Å². The molecule has 2 aromatic heterocycles. The SMILES string of the molecule is Cc1ccc(NC(=O)C(C)(C)C)cc1OCc1cc(=O)n2cccc(C)c2n1. The Morgan fingerprint density at radius 2 is 1.89 bits per heavy atom. The predicted octanol–water partition coefficient (Wildman–Crippen LogP) is 3.87. The number of fused-ring (bicyclic) bond motifs is 1. The Morgan fingerprint density at radius 1 is 1.14 bits per heavy atom. The van der Waals surface area contributed by atoms with Crippen molar-refractivity contribution in [2.75, 3.05) is 5.32 Å². The average molecular weight is 379 g/mol. The fourth-order valence-corrected chi connectivity index (χ4v) is 2.69. The summed E-state index contributed by atoms with van der Waals surface area (Å²) in [4.78, 5) is 29.1. The monoisotopic (exact) mass is 379 g/mol. The number of carbonyl (C=O) groups excluding carboxylic acids is 1. The maximum absolute atomic E-state index is 12.3.